The van der Waals surface area contributed by atoms with E-state index in [1.807, 2.05) is 51.1 Å². The highest BCUT2D eigenvalue weighted by Gasteiger charge is 2.24. The highest BCUT2D eigenvalue weighted by molar-refractivity contribution is 5.97. The van der Waals surface area contributed by atoms with Gasteiger partial charge in [0.05, 0.1) is 13.0 Å². The van der Waals surface area contributed by atoms with Crippen molar-refractivity contribution < 1.29 is 14.3 Å². The van der Waals surface area contributed by atoms with Crippen LogP contribution in [-0.4, -0.2) is 24.5 Å². The van der Waals surface area contributed by atoms with Crippen LogP contribution < -0.4 is 15.4 Å². The van der Waals surface area contributed by atoms with Gasteiger partial charge in [-0.05, 0) is 42.7 Å². The van der Waals surface area contributed by atoms with Crippen molar-refractivity contribution in [2.24, 2.45) is 5.92 Å². The van der Waals surface area contributed by atoms with E-state index in [0.717, 1.165) is 11.3 Å². The molecule has 0 spiro atoms. The summed E-state index contributed by atoms with van der Waals surface area (Å²) in [6.45, 7) is 6.33. The average molecular weight is 354 g/mol. The summed E-state index contributed by atoms with van der Waals surface area (Å²) >= 11 is 0. The Morgan fingerprint density at radius 2 is 1.65 bits per heavy atom. The minimum absolute atomic E-state index is 0.0302. The van der Waals surface area contributed by atoms with E-state index < -0.39 is 6.04 Å². The molecule has 0 radical (unpaired) electrons. The maximum absolute atomic E-state index is 12.6. The van der Waals surface area contributed by atoms with Gasteiger partial charge in [0, 0.05) is 5.69 Å². The van der Waals surface area contributed by atoms with E-state index in [4.69, 9.17) is 4.74 Å². The Kier molecular flexibility index (Phi) is 7.21. The maximum atomic E-state index is 12.6. The van der Waals surface area contributed by atoms with Crippen LogP contribution in [0.1, 0.15) is 26.3 Å². The topological polar surface area (TPSA) is 67.4 Å². The van der Waals surface area contributed by atoms with E-state index in [0.29, 0.717) is 12.3 Å². The van der Waals surface area contributed by atoms with Gasteiger partial charge in [0.1, 0.15) is 11.8 Å². The van der Waals surface area contributed by atoms with Crippen molar-refractivity contribution in [1.29, 1.82) is 0 Å². The molecule has 0 unspecified atom stereocenters. The van der Waals surface area contributed by atoms with Crippen LogP contribution in [0.3, 0.4) is 0 Å². The number of hydrogen-bond donors (Lipinski definition) is 2. The molecule has 0 fully saturated rings. The molecule has 0 aromatic heterocycles. The lowest BCUT2D eigenvalue weighted by Crippen LogP contribution is -2.47. The van der Waals surface area contributed by atoms with E-state index in [1.54, 1.807) is 24.3 Å². The molecule has 1 atom stereocenters. The summed E-state index contributed by atoms with van der Waals surface area (Å²) in [6.07, 6.45) is 0.250. The minimum atomic E-state index is -0.599. The first-order valence-corrected chi connectivity index (χ1v) is 8.86. The van der Waals surface area contributed by atoms with Crippen molar-refractivity contribution in [1.82, 2.24) is 5.32 Å². The molecule has 2 aromatic carbocycles. The van der Waals surface area contributed by atoms with Crippen molar-refractivity contribution in [2.75, 3.05) is 11.9 Å². The van der Waals surface area contributed by atoms with Crippen molar-refractivity contribution in [3.8, 4) is 5.75 Å². The number of nitrogens with one attached hydrogen (secondary N) is 2. The summed E-state index contributed by atoms with van der Waals surface area (Å²) in [4.78, 5) is 24.9. The first kappa shape index (κ1) is 19.5. The van der Waals surface area contributed by atoms with Gasteiger partial charge in [-0.3, -0.25) is 9.59 Å². The smallest absolute Gasteiger partial charge is 0.247 e. The number of ether oxygens (including phenoxy) is 1. The molecule has 138 valence electrons. The lowest BCUT2D eigenvalue weighted by molar-refractivity contribution is -0.127. The van der Waals surface area contributed by atoms with Gasteiger partial charge in [0.25, 0.3) is 0 Å². The molecule has 0 saturated heterocycles. The number of carbonyl (C=O) groups is 2. The first-order chi connectivity index (χ1) is 12.5. The molecule has 0 bridgehead atoms. The Morgan fingerprint density at radius 1 is 1.00 bits per heavy atom. The van der Waals surface area contributed by atoms with E-state index in [2.05, 4.69) is 10.6 Å². The fourth-order valence-corrected chi connectivity index (χ4v) is 2.56. The van der Waals surface area contributed by atoms with Gasteiger partial charge in [-0.2, -0.15) is 0 Å². The van der Waals surface area contributed by atoms with Gasteiger partial charge in [0.2, 0.25) is 11.8 Å². The zero-order valence-electron chi connectivity index (χ0n) is 15.5. The van der Waals surface area contributed by atoms with Gasteiger partial charge < -0.3 is 15.4 Å². The molecule has 26 heavy (non-hydrogen) atoms. The zero-order valence-corrected chi connectivity index (χ0v) is 15.5. The summed E-state index contributed by atoms with van der Waals surface area (Å²) in [6, 6.07) is 16.0. The largest absolute Gasteiger partial charge is 0.494 e. The molecule has 2 rings (SSSR count). The molecular formula is C21H26N2O3. The fourth-order valence-electron chi connectivity index (χ4n) is 2.56. The fraction of sp³-hybridized carbons (Fsp3) is 0.333. The summed E-state index contributed by atoms with van der Waals surface area (Å²) in [7, 11) is 0. The number of hydrogen-bond acceptors (Lipinski definition) is 3. The van der Waals surface area contributed by atoms with Crippen molar-refractivity contribution in [2.45, 2.75) is 33.2 Å². The third-order valence-corrected chi connectivity index (χ3v) is 3.91. The van der Waals surface area contributed by atoms with Gasteiger partial charge in [-0.25, -0.2) is 0 Å². The normalized spacial score (nSPS) is 11.7. The second kappa shape index (κ2) is 9.61. The van der Waals surface area contributed by atoms with Crippen LogP contribution in [0, 0.1) is 5.92 Å². The Balaban J connectivity index is 1.97. The van der Waals surface area contributed by atoms with Crippen LogP contribution in [0.15, 0.2) is 54.6 Å². The van der Waals surface area contributed by atoms with Gasteiger partial charge >= 0.3 is 0 Å². The molecule has 2 amide bonds. The number of anilines is 1. The van der Waals surface area contributed by atoms with Crippen molar-refractivity contribution in [3.05, 3.63) is 60.2 Å². The van der Waals surface area contributed by atoms with Gasteiger partial charge in [0.15, 0.2) is 0 Å². The molecule has 5 nitrogen and oxygen atoms in total. The van der Waals surface area contributed by atoms with Crippen LogP contribution >= 0.6 is 0 Å². The Morgan fingerprint density at radius 3 is 2.23 bits per heavy atom. The highest BCUT2D eigenvalue weighted by atomic mass is 16.5. The number of rotatable bonds is 8. The zero-order chi connectivity index (χ0) is 18.9. The minimum Gasteiger partial charge on any atom is -0.494 e. The number of carbonyl (C=O) groups excluding carboxylic acids is 2. The number of benzene rings is 2. The van der Waals surface area contributed by atoms with Crippen molar-refractivity contribution >= 4 is 17.5 Å². The lowest BCUT2D eigenvalue weighted by atomic mass is 10.0. The van der Waals surface area contributed by atoms with E-state index >= 15 is 0 Å². The summed E-state index contributed by atoms with van der Waals surface area (Å²) in [5, 5.41) is 5.69. The molecule has 2 N–H and O–H groups in total. The predicted octanol–water partition coefficient (Wildman–Crippen LogP) is 3.41. The molecule has 0 aliphatic heterocycles. The van der Waals surface area contributed by atoms with Gasteiger partial charge in [-0.15, -0.1) is 0 Å². The second-order valence-corrected chi connectivity index (χ2v) is 6.40. The van der Waals surface area contributed by atoms with Crippen LogP contribution in [-0.2, 0) is 16.0 Å². The van der Waals surface area contributed by atoms with Crippen LogP contribution in [0.5, 0.6) is 5.75 Å². The molecule has 5 heteroatoms. The van der Waals surface area contributed by atoms with E-state index in [9.17, 15) is 9.59 Å². The Bertz CT molecular complexity index is 712. The lowest BCUT2D eigenvalue weighted by Gasteiger charge is -2.22. The molecule has 2 aromatic rings. The van der Waals surface area contributed by atoms with Crippen LogP contribution in [0.2, 0.25) is 0 Å². The molecular weight excluding hydrogens is 328 g/mol. The SMILES string of the molecule is CCOc1ccc(NC(=O)[C@@H](NC(=O)Cc2ccccc2)C(C)C)cc1. The number of amides is 2. The Hall–Kier alpha value is -2.82. The van der Waals surface area contributed by atoms with Crippen molar-refractivity contribution in [3.63, 3.8) is 0 Å². The third-order valence-electron chi connectivity index (χ3n) is 3.91. The molecule has 0 aliphatic carbocycles. The Labute approximate surface area is 154 Å². The monoisotopic (exact) mass is 354 g/mol. The quantitative estimate of drug-likeness (QED) is 0.763. The molecule has 0 heterocycles. The summed E-state index contributed by atoms with van der Waals surface area (Å²) in [5.41, 5.74) is 1.58. The second-order valence-electron chi connectivity index (χ2n) is 6.40. The third kappa shape index (κ3) is 5.92. The summed E-state index contributed by atoms with van der Waals surface area (Å²) < 4.78 is 5.39. The van der Waals surface area contributed by atoms with E-state index in [-0.39, 0.29) is 24.2 Å². The van der Waals surface area contributed by atoms with Crippen LogP contribution in [0.25, 0.3) is 0 Å². The first-order valence-electron chi connectivity index (χ1n) is 8.86. The predicted molar refractivity (Wildman–Crippen MR) is 103 cm³/mol. The van der Waals surface area contributed by atoms with Gasteiger partial charge in [-0.1, -0.05) is 44.2 Å². The average Bonchev–Trinajstić information content (AvgIpc) is 2.62. The van der Waals surface area contributed by atoms with E-state index in [1.165, 1.54) is 0 Å². The molecule has 0 saturated carbocycles. The molecule has 0 aliphatic rings. The highest BCUT2D eigenvalue weighted by Crippen LogP contribution is 2.16. The standard InChI is InChI=1S/C21H26N2O3/c1-4-26-18-12-10-17(11-13-18)22-21(25)20(15(2)3)23-19(24)14-16-8-6-5-7-9-16/h5-13,15,20H,4,14H2,1-3H3,(H,22,25)(H,23,24)/t20-/m0/s1. The maximum Gasteiger partial charge on any atom is 0.247 e. The summed E-state index contributed by atoms with van der Waals surface area (Å²) in [5.74, 6) is 0.321. The van der Waals surface area contributed by atoms with Crippen LogP contribution in [0.4, 0.5) is 5.69 Å².